The lowest BCUT2D eigenvalue weighted by atomic mass is 10.2. The Morgan fingerprint density at radius 3 is 2.47 bits per heavy atom. The first-order valence-corrected chi connectivity index (χ1v) is 6.64. The summed E-state index contributed by atoms with van der Waals surface area (Å²) in [5.41, 5.74) is 3.19. The molecule has 0 saturated heterocycles. The fourth-order valence-electron chi connectivity index (χ4n) is 2.08. The molecule has 0 saturated carbocycles. The van der Waals surface area contributed by atoms with Crippen molar-refractivity contribution < 1.29 is 0 Å². The summed E-state index contributed by atoms with van der Waals surface area (Å²) in [4.78, 5) is 13.6. The topological polar surface area (TPSA) is 55.6 Å². The van der Waals surface area contributed by atoms with Gasteiger partial charge in [-0.3, -0.25) is 4.57 Å². The van der Waals surface area contributed by atoms with Gasteiger partial charge in [-0.1, -0.05) is 6.92 Å². The molecule has 0 spiro atoms. The predicted molar refractivity (Wildman–Crippen MR) is 76.9 cm³/mol. The van der Waals surface area contributed by atoms with E-state index in [-0.39, 0.29) is 0 Å². The number of anilines is 1. The van der Waals surface area contributed by atoms with Gasteiger partial charge in [0.05, 0.1) is 5.69 Å². The van der Waals surface area contributed by atoms with Gasteiger partial charge in [-0.15, -0.1) is 0 Å². The molecular weight excluding hydrogens is 238 g/mol. The highest BCUT2D eigenvalue weighted by molar-refractivity contribution is 5.52. The number of nitrogens with zero attached hydrogens (tertiary/aromatic N) is 4. The van der Waals surface area contributed by atoms with Crippen LogP contribution in [-0.2, 0) is 6.42 Å². The van der Waals surface area contributed by atoms with Crippen molar-refractivity contribution >= 4 is 5.82 Å². The van der Waals surface area contributed by atoms with E-state index in [4.69, 9.17) is 0 Å². The van der Waals surface area contributed by atoms with E-state index < -0.39 is 0 Å². The number of hydrogen-bond donors (Lipinski definition) is 1. The molecule has 0 aliphatic carbocycles. The van der Waals surface area contributed by atoms with Crippen LogP contribution in [0.4, 0.5) is 5.82 Å². The standard InChI is InChI=1S/C14H21N5/c1-6-7-12-17-13(15-5)9(2)14(18-12)19-8-16-10(3)11(19)4/h8H,6-7H2,1-5H3,(H,15,17,18). The van der Waals surface area contributed by atoms with Crippen molar-refractivity contribution in [1.29, 1.82) is 0 Å². The van der Waals surface area contributed by atoms with Gasteiger partial charge in [-0.25, -0.2) is 15.0 Å². The number of nitrogens with one attached hydrogen (secondary N) is 1. The lowest BCUT2D eigenvalue weighted by molar-refractivity contribution is 0.807. The van der Waals surface area contributed by atoms with Crippen LogP contribution in [0.1, 0.15) is 36.1 Å². The van der Waals surface area contributed by atoms with E-state index in [0.717, 1.165) is 47.3 Å². The summed E-state index contributed by atoms with van der Waals surface area (Å²) in [6, 6.07) is 0. The van der Waals surface area contributed by atoms with Crippen molar-refractivity contribution in [3.63, 3.8) is 0 Å². The zero-order chi connectivity index (χ0) is 14.0. The molecular formula is C14H21N5. The molecule has 1 N–H and O–H groups in total. The van der Waals surface area contributed by atoms with Crippen LogP contribution in [0, 0.1) is 20.8 Å². The average molecular weight is 259 g/mol. The molecule has 0 bridgehead atoms. The molecule has 102 valence electrons. The summed E-state index contributed by atoms with van der Waals surface area (Å²) >= 11 is 0. The van der Waals surface area contributed by atoms with E-state index in [1.165, 1.54) is 0 Å². The maximum atomic E-state index is 4.69. The molecule has 5 heteroatoms. The Balaban J connectivity index is 2.61. The normalized spacial score (nSPS) is 10.8. The van der Waals surface area contributed by atoms with Gasteiger partial charge in [0.25, 0.3) is 0 Å². The number of aromatic nitrogens is 4. The van der Waals surface area contributed by atoms with Gasteiger partial charge in [0, 0.05) is 24.7 Å². The minimum absolute atomic E-state index is 0.873. The number of aryl methyl sites for hydroxylation is 2. The molecule has 0 radical (unpaired) electrons. The molecule has 2 rings (SSSR count). The SMILES string of the molecule is CCCc1nc(NC)c(C)c(-n2cnc(C)c2C)n1. The maximum absolute atomic E-state index is 4.69. The summed E-state index contributed by atoms with van der Waals surface area (Å²) in [5.74, 6) is 2.68. The largest absolute Gasteiger partial charge is 0.373 e. The Hall–Kier alpha value is -1.91. The second kappa shape index (κ2) is 5.38. The van der Waals surface area contributed by atoms with Gasteiger partial charge < -0.3 is 5.32 Å². The first-order valence-electron chi connectivity index (χ1n) is 6.64. The van der Waals surface area contributed by atoms with E-state index in [9.17, 15) is 0 Å². The Bertz CT molecular complexity index is 586. The third-order valence-corrected chi connectivity index (χ3v) is 3.36. The van der Waals surface area contributed by atoms with Crippen molar-refractivity contribution in [2.75, 3.05) is 12.4 Å². The summed E-state index contributed by atoms with van der Waals surface area (Å²) in [6.07, 6.45) is 3.75. The highest BCUT2D eigenvalue weighted by Gasteiger charge is 2.13. The second-order valence-corrected chi connectivity index (χ2v) is 4.72. The smallest absolute Gasteiger partial charge is 0.146 e. The van der Waals surface area contributed by atoms with Crippen LogP contribution in [0.25, 0.3) is 5.82 Å². The summed E-state index contributed by atoms with van der Waals surface area (Å²) in [7, 11) is 1.89. The second-order valence-electron chi connectivity index (χ2n) is 4.72. The quantitative estimate of drug-likeness (QED) is 0.917. The molecule has 0 aliphatic heterocycles. The van der Waals surface area contributed by atoms with Crippen LogP contribution < -0.4 is 5.32 Å². The van der Waals surface area contributed by atoms with Crippen molar-refractivity contribution in [2.24, 2.45) is 0 Å². The monoisotopic (exact) mass is 259 g/mol. The molecule has 0 amide bonds. The minimum atomic E-state index is 0.873. The molecule has 2 aromatic rings. The molecule has 0 unspecified atom stereocenters. The molecule has 2 heterocycles. The highest BCUT2D eigenvalue weighted by Crippen LogP contribution is 2.21. The van der Waals surface area contributed by atoms with Crippen LogP contribution in [0.2, 0.25) is 0 Å². The zero-order valence-electron chi connectivity index (χ0n) is 12.3. The molecule has 0 atom stereocenters. The summed E-state index contributed by atoms with van der Waals surface area (Å²) in [6.45, 7) is 8.23. The van der Waals surface area contributed by atoms with E-state index >= 15 is 0 Å². The van der Waals surface area contributed by atoms with Crippen molar-refractivity contribution in [3.05, 3.63) is 29.1 Å². The number of imidazole rings is 1. The minimum Gasteiger partial charge on any atom is -0.373 e. The lowest BCUT2D eigenvalue weighted by Gasteiger charge is -2.13. The Morgan fingerprint density at radius 1 is 1.21 bits per heavy atom. The fraction of sp³-hybridized carbons (Fsp3) is 0.500. The first kappa shape index (κ1) is 13.5. The van der Waals surface area contributed by atoms with Gasteiger partial charge in [-0.2, -0.15) is 0 Å². The van der Waals surface area contributed by atoms with Crippen molar-refractivity contribution in [2.45, 2.75) is 40.5 Å². The summed E-state index contributed by atoms with van der Waals surface area (Å²) in [5, 5.41) is 3.15. The van der Waals surface area contributed by atoms with E-state index in [0.29, 0.717) is 0 Å². The molecule has 0 aliphatic rings. The molecule has 5 nitrogen and oxygen atoms in total. The van der Waals surface area contributed by atoms with Crippen LogP contribution in [0.3, 0.4) is 0 Å². The average Bonchev–Trinajstić information content (AvgIpc) is 2.72. The van der Waals surface area contributed by atoms with Gasteiger partial charge >= 0.3 is 0 Å². The van der Waals surface area contributed by atoms with Crippen LogP contribution >= 0.6 is 0 Å². The predicted octanol–water partition coefficient (Wildman–Crippen LogP) is 2.58. The Labute approximate surface area is 114 Å². The number of hydrogen-bond acceptors (Lipinski definition) is 4. The van der Waals surface area contributed by atoms with Gasteiger partial charge in [0.1, 0.15) is 23.8 Å². The van der Waals surface area contributed by atoms with Crippen LogP contribution in [-0.4, -0.2) is 26.6 Å². The van der Waals surface area contributed by atoms with Gasteiger partial charge in [0.2, 0.25) is 0 Å². The van der Waals surface area contributed by atoms with Crippen molar-refractivity contribution in [3.8, 4) is 5.82 Å². The third kappa shape index (κ3) is 2.45. The first-order chi connectivity index (χ1) is 9.08. The summed E-state index contributed by atoms with van der Waals surface area (Å²) < 4.78 is 2.03. The molecule has 0 fully saturated rings. The molecule has 0 aromatic carbocycles. The molecule has 19 heavy (non-hydrogen) atoms. The van der Waals surface area contributed by atoms with E-state index in [1.54, 1.807) is 0 Å². The highest BCUT2D eigenvalue weighted by atomic mass is 15.2. The van der Waals surface area contributed by atoms with Crippen molar-refractivity contribution in [1.82, 2.24) is 19.5 Å². The molecule has 2 aromatic heterocycles. The fourth-order valence-corrected chi connectivity index (χ4v) is 2.08. The Morgan fingerprint density at radius 2 is 1.95 bits per heavy atom. The van der Waals surface area contributed by atoms with Gasteiger partial charge in [0.15, 0.2) is 0 Å². The van der Waals surface area contributed by atoms with E-state index in [2.05, 4.69) is 34.1 Å². The lowest BCUT2D eigenvalue weighted by Crippen LogP contribution is -2.10. The maximum Gasteiger partial charge on any atom is 0.146 e. The number of rotatable bonds is 4. The third-order valence-electron chi connectivity index (χ3n) is 3.36. The Kier molecular flexibility index (Phi) is 3.83. The van der Waals surface area contributed by atoms with Crippen LogP contribution in [0.15, 0.2) is 6.33 Å². The van der Waals surface area contributed by atoms with Crippen LogP contribution in [0.5, 0.6) is 0 Å². The zero-order valence-corrected chi connectivity index (χ0v) is 12.3. The van der Waals surface area contributed by atoms with E-state index in [1.807, 2.05) is 31.8 Å². The van der Waals surface area contributed by atoms with Gasteiger partial charge in [-0.05, 0) is 27.2 Å².